The Bertz CT molecular complexity index is 637. The van der Waals surface area contributed by atoms with Crippen LogP contribution in [0.15, 0.2) is 11.6 Å². The number of rotatable bonds is 3. The van der Waals surface area contributed by atoms with Gasteiger partial charge in [0.1, 0.15) is 6.20 Å². The standard InChI is InChI=1S/C12H17N5O2S/c1-8-2-3-15(7-9(8)6-13)10-11(17(18)19)16-4-5-20-12(16)14-10/h4-5,8-9H,2-3,6-7,13H2,1H3. The first kappa shape index (κ1) is 13.3. The van der Waals surface area contributed by atoms with Crippen molar-refractivity contribution in [1.82, 2.24) is 9.38 Å². The van der Waals surface area contributed by atoms with Gasteiger partial charge in [-0.3, -0.25) is 0 Å². The zero-order valence-corrected chi connectivity index (χ0v) is 12.0. The molecular weight excluding hydrogens is 278 g/mol. The molecule has 0 radical (unpaired) electrons. The smallest absolute Gasteiger partial charge is 0.358 e. The van der Waals surface area contributed by atoms with Crippen LogP contribution >= 0.6 is 11.3 Å². The first-order valence-corrected chi connectivity index (χ1v) is 7.54. The van der Waals surface area contributed by atoms with Crippen LogP contribution in [0.4, 0.5) is 11.6 Å². The molecule has 0 saturated carbocycles. The highest BCUT2D eigenvalue weighted by Crippen LogP contribution is 2.34. The van der Waals surface area contributed by atoms with Crippen LogP contribution in [-0.4, -0.2) is 33.9 Å². The molecule has 7 nitrogen and oxygen atoms in total. The lowest BCUT2D eigenvalue weighted by Crippen LogP contribution is -2.43. The highest BCUT2D eigenvalue weighted by molar-refractivity contribution is 7.15. The number of thiazole rings is 1. The summed E-state index contributed by atoms with van der Waals surface area (Å²) in [7, 11) is 0. The van der Waals surface area contributed by atoms with Gasteiger partial charge in [-0.15, -0.1) is 0 Å². The Morgan fingerprint density at radius 1 is 1.65 bits per heavy atom. The molecule has 3 rings (SSSR count). The van der Waals surface area contributed by atoms with Gasteiger partial charge in [-0.2, -0.15) is 9.38 Å². The van der Waals surface area contributed by atoms with Gasteiger partial charge in [0.2, 0.25) is 5.82 Å². The summed E-state index contributed by atoms with van der Waals surface area (Å²) in [5.74, 6) is 1.46. The van der Waals surface area contributed by atoms with E-state index in [9.17, 15) is 10.1 Å². The quantitative estimate of drug-likeness (QED) is 0.688. The van der Waals surface area contributed by atoms with Crippen LogP contribution in [0.3, 0.4) is 0 Å². The second-order valence-electron chi connectivity index (χ2n) is 5.28. The van der Waals surface area contributed by atoms with E-state index >= 15 is 0 Å². The van der Waals surface area contributed by atoms with Gasteiger partial charge in [0.25, 0.3) is 4.96 Å². The lowest BCUT2D eigenvalue weighted by molar-refractivity contribution is -0.389. The second-order valence-corrected chi connectivity index (χ2v) is 6.15. The molecule has 1 fully saturated rings. The number of nitrogens with zero attached hydrogens (tertiary/aromatic N) is 4. The molecule has 1 aliphatic rings. The van der Waals surface area contributed by atoms with Crippen LogP contribution in [0.5, 0.6) is 0 Å². The monoisotopic (exact) mass is 295 g/mol. The maximum absolute atomic E-state index is 11.4. The topological polar surface area (TPSA) is 89.7 Å². The van der Waals surface area contributed by atoms with Crippen LogP contribution in [0.25, 0.3) is 4.96 Å². The Balaban J connectivity index is 1.99. The van der Waals surface area contributed by atoms with E-state index in [1.165, 1.54) is 11.3 Å². The number of anilines is 1. The average molecular weight is 295 g/mol. The fourth-order valence-electron chi connectivity index (χ4n) is 2.79. The van der Waals surface area contributed by atoms with Crippen LogP contribution in [-0.2, 0) is 0 Å². The van der Waals surface area contributed by atoms with E-state index in [0.717, 1.165) is 19.5 Å². The van der Waals surface area contributed by atoms with Crippen LogP contribution in [0, 0.1) is 22.0 Å². The molecule has 2 unspecified atom stereocenters. The van der Waals surface area contributed by atoms with E-state index in [1.54, 1.807) is 16.0 Å². The normalized spacial score (nSPS) is 23.4. The van der Waals surface area contributed by atoms with Crippen molar-refractivity contribution in [2.24, 2.45) is 17.6 Å². The number of piperidine rings is 1. The molecule has 0 aliphatic carbocycles. The number of nitrogens with two attached hydrogens (primary N) is 1. The maximum Gasteiger partial charge on any atom is 0.373 e. The molecule has 1 aliphatic heterocycles. The maximum atomic E-state index is 11.4. The van der Waals surface area contributed by atoms with Crippen molar-refractivity contribution in [3.05, 3.63) is 21.7 Å². The minimum atomic E-state index is -0.350. The van der Waals surface area contributed by atoms with E-state index < -0.39 is 0 Å². The molecule has 20 heavy (non-hydrogen) atoms. The van der Waals surface area contributed by atoms with E-state index in [0.29, 0.717) is 29.2 Å². The lowest BCUT2D eigenvalue weighted by Gasteiger charge is -2.36. The molecular formula is C12H17N5O2S. The zero-order valence-electron chi connectivity index (χ0n) is 11.2. The number of aromatic nitrogens is 2. The molecule has 1 saturated heterocycles. The molecule has 2 aromatic heterocycles. The highest BCUT2D eigenvalue weighted by Gasteiger charge is 2.33. The van der Waals surface area contributed by atoms with Gasteiger partial charge in [-0.25, -0.2) is 0 Å². The van der Waals surface area contributed by atoms with Gasteiger partial charge in [-0.1, -0.05) is 18.3 Å². The Labute approximate surface area is 120 Å². The third-order valence-electron chi connectivity index (χ3n) is 4.11. The van der Waals surface area contributed by atoms with Crippen LogP contribution < -0.4 is 10.6 Å². The third kappa shape index (κ3) is 2.04. The number of nitro groups is 1. The van der Waals surface area contributed by atoms with Crippen molar-refractivity contribution in [2.45, 2.75) is 13.3 Å². The van der Waals surface area contributed by atoms with Crippen molar-refractivity contribution in [1.29, 1.82) is 0 Å². The SMILES string of the molecule is CC1CCN(c2nc3sccn3c2[N+](=O)[O-])CC1CN. The van der Waals surface area contributed by atoms with Crippen molar-refractivity contribution < 1.29 is 4.92 Å². The largest absolute Gasteiger partial charge is 0.373 e. The van der Waals surface area contributed by atoms with Gasteiger partial charge in [0, 0.05) is 18.5 Å². The minimum absolute atomic E-state index is 0.0616. The summed E-state index contributed by atoms with van der Waals surface area (Å²) in [5.41, 5.74) is 5.80. The highest BCUT2D eigenvalue weighted by atomic mass is 32.1. The molecule has 8 heteroatoms. The second kappa shape index (κ2) is 5.02. The first-order chi connectivity index (χ1) is 9.61. The molecule has 2 aromatic rings. The Morgan fingerprint density at radius 3 is 3.15 bits per heavy atom. The fraction of sp³-hybridized carbons (Fsp3) is 0.583. The molecule has 0 spiro atoms. The van der Waals surface area contributed by atoms with Crippen molar-refractivity contribution >= 4 is 27.9 Å². The van der Waals surface area contributed by atoms with E-state index in [2.05, 4.69) is 11.9 Å². The van der Waals surface area contributed by atoms with E-state index in [1.807, 2.05) is 4.90 Å². The van der Waals surface area contributed by atoms with E-state index in [4.69, 9.17) is 5.73 Å². The van der Waals surface area contributed by atoms with Crippen LogP contribution in [0.1, 0.15) is 13.3 Å². The minimum Gasteiger partial charge on any atom is -0.358 e. The first-order valence-electron chi connectivity index (χ1n) is 6.66. The lowest BCUT2D eigenvalue weighted by atomic mass is 9.87. The van der Waals surface area contributed by atoms with Gasteiger partial charge in [0.15, 0.2) is 0 Å². The number of hydrogen-bond acceptors (Lipinski definition) is 6. The van der Waals surface area contributed by atoms with Crippen molar-refractivity contribution in [3.63, 3.8) is 0 Å². The van der Waals surface area contributed by atoms with E-state index in [-0.39, 0.29) is 10.7 Å². The summed E-state index contributed by atoms with van der Waals surface area (Å²) in [6, 6.07) is 0. The summed E-state index contributed by atoms with van der Waals surface area (Å²) in [6.45, 7) is 4.33. The van der Waals surface area contributed by atoms with Gasteiger partial charge in [0.05, 0.1) is 0 Å². The Morgan fingerprint density at radius 2 is 2.45 bits per heavy atom. The number of hydrogen-bond donors (Lipinski definition) is 1. The van der Waals surface area contributed by atoms with Gasteiger partial charge in [-0.05, 0) is 29.7 Å². The van der Waals surface area contributed by atoms with Crippen molar-refractivity contribution in [2.75, 3.05) is 24.5 Å². The third-order valence-corrected chi connectivity index (χ3v) is 4.87. The molecule has 2 atom stereocenters. The summed E-state index contributed by atoms with van der Waals surface area (Å²) < 4.78 is 1.55. The van der Waals surface area contributed by atoms with Crippen molar-refractivity contribution in [3.8, 4) is 0 Å². The molecule has 0 amide bonds. The summed E-state index contributed by atoms with van der Waals surface area (Å²) in [4.78, 5) is 18.1. The summed E-state index contributed by atoms with van der Waals surface area (Å²) in [5, 5.41) is 13.2. The van der Waals surface area contributed by atoms with Gasteiger partial charge < -0.3 is 20.7 Å². The zero-order chi connectivity index (χ0) is 14.3. The summed E-state index contributed by atoms with van der Waals surface area (Å²) >= 11 is 1.41. The van der Waals surface area contributed by atoms with Crippen LogP contribution in [0.2, 0.25) is 0 Å². The average Bonchev–Trinajstić information content (AvgIpc) is 2.98. The predicted octanol–water partition coefficient (Wildman–Crippen LogP) is 1.73. The molecule has 3 heterocycles. The Hall–Kier alpha value is -1.67. The van der Waals surface area contributed by atoms with Gasteiger partial charge >= 0.3 is 5.82 Å². The molecule has 0 aromatic carbocycles. The molecule has 2 N–H and O–H groups in total. The molecule has 108 valence electrons. The summed E-state index contributed by atoms with van der Waals surface area (Å²) in [6.07, 6.45) is 2.69. The Kier molecular flexibility index (Phi) is 3.35. The number of imidazole rings is 1. The molecule has 0 bridgehead atoms. The fourth-order valence-corrected chi connectivity index (χ4v) is 3.50. The number of fused-ring (bicyclic) bond motifs is 1. The predicted molar refractivity (Wildman–Crippen MR) is 78.3 cm³/mol.